The number of nitrogens with zero attached hydrogens (tertiary/aromatic N) is 1. The van der Waals surface area contributed by atoms with Crippen LogP contribution in [0, 0.1) is 11.3 Å². The van der Waals surface area contributed by atoms with E-state index in [1.807, 2.05) is 0 Å². The van der Waals surface area contributed by atoms with Crippen LogP contribution >= 0.6 is 0 Å². The highest BCUT2D eigenvalue weighted by molar-refractivity contribution is 5.62. The number of nitriles is 1. The van der Waals surface area contributed by atoms with E-state index in [1.165, 1.54) is 7.11 Å². The highest BCUT2D eigenvalue weighted by Gasteiger charge is 2.34. The van der Waals surface area contributed by atoms with Crippen LogP contribution in [0.15, 0.2) is 47.9 Å². The lowest BCUT2D eigenvalue weighted by Crippen LogP contribution is -2.21. The van der Waals surface area contributed by atoms with Crippen molar-refractivity contribution >= 4 is 0 Å². The largest absolute Gasteiger partial charge is 0.507 e. The van der Waals surface area contributed by atoms with E-state index in [-0.39, 0.29) is 17.2 Å². The van der Waals surface area contributed by atoms with Crippen LogP contribution in [-0.2, 0) is 0 Å². The lowest BCUT2D eigenvalue weighted by molar-refractivity contribution is 0.374. The fourth-order valence-electron chi connectivity index (χ4n) is 2.86. The van der Waals surface area contributed by atoms with Gasteiger partial charge < -0.3 is 25.1 Å². The Balaban J connectivity index is 2.28. The van der Waals surface area contributed by atoms with Crippen molar-refractivity contribution in [3.8, 4) is 29.1 Å². The quantitative estimate of drug-likeness (QED) is 0.900. The van der Waals surface area contributed by atoms with Gasteiger partial charge in [-0.25, -0.2) is 0 Å². The maximum Gasteiger partial charge on any atom is 0.205 e. The van der Waals surface area contributed by atoms with Crippen molar-refractivity contribution in [3.63, 3.8) is 0 Å². The lowest BCUT2D eigenvalue weighted by atomic mass is 9.82. The van der Waals surface area contributed by atoms with Crippen molar-refractivity contribution in [3.05, 3.63) is 59.0 Å². The minimum atomic E-state index is -0.596. The van der Waals surface area contributed by atoms with Crippen LogP contribution < -0.4 is 19.9 Å². The van der Waals surface area contributed by atoms with Crippen LogP contribution in [0.3, 0.4) is 0 Å². The Morgan fingerprint density at radius 2 is 2.00 bits per heavy atom. The molecule has 0 bridgehead atoms. The zero-order valence-electron chi connectivity index (χ0n) is 13.2. The summed E-state index contributed by atoms with van der Waals surface area (Å²) in [7, 11) is 3.09. The first-order chi connectivity index (χ1) is 11.6. The minimum absolute atomic E-state index is 0.0125. The van der Waals surface area contributed by atoms with Crippen molar-refractivity contribution in [2.45, 2.75) is 5.92 Å². The van der Waals surface area contributed by atoms with Gasteiger partial charge in [0.25, 0.3) is 0 Å². The summed E-state index contributed by atoms with van der Waals surface area (Å²) >= 11 is 0. The second-order valence-electron chi connectivity index (χ2n) is 5.22. The number of aromatic hydroxyl groups is 1. The van der Waals surface area contributed by atoms with Gasteiger partial charge in [-0.15, -0.1) is 0 Å². The molecular weight excluding hydrogens is 308 g/mol. The molecule has 1 atom stereocenters. The average Bonchev–Trinajstić information content (AvgIpc) is 2.60. The molecule has 0 unspecified atom stereocenters. The first kappa shape index (κ1) is 15.6. The molecule has 6 nitrogen and oxygen atoms in total. The summed E-state index contributed by atoms with van der Waals surface area (Å²) in [5.74, 6) is 0.996. The third-order valence-corrected chi connectivity index (χ3v) is 3.98. The second kappa shape index (κ2) is 6.05. The summed E-state index contributed by atoms with van der Waals surface area (Å²) in [6.07, 6.45) is 0. The molecule has 3 rings (SSSR count). The molecule has 0 radical (unpaired) electrons. The van der Waals surface area contributed by atoms with E-state index in [2.05, 4.69) is 6.07 Å². The number of benzene rings is 2. The Kier molecular flexibility index (Phi) is 3.92. The maximum atomic E-state index is 10.3. The summed E-state index contributed by atoms with van der Waals surface area (Å²) in [6.45, 7) is 0. The third kappa shape index (κ3) is 2.36. The summed E-state index contributed by atoms with van der Waals surface area (Å²) in [6, 6.07) is 12.2. The van der Waals surface area contributed by atoms with Gasteiger partial charge in [-0.1, -0.05) is 12.1 Å². The number of nitrogens with two attached hydrogens (primary N) is 1. The molecule has 0 aromatic heterocycles. The van der Waals surface area contributed by atoms with E-state index in [1.54, 1.807) is 43.5 Å². The summed E-state index contributed by atoms with van der Waals surface area (Å²) in [5, 5.41) is 19.9. The Labute approximate surface area is 139 Å². The van der Waals surface area contributed by atoms with Crippen LogP contribution in [0.5, 0.6) is 23.0 Å². The third-order valence-electron chi connectivity index (χ3n) is 3.98. The van der Waals surface area contributed by atoms with E-state index < -0.39 is 5.92 Å². The molecular formula is C18H16N2O4. The molecule has 6 heteroatoms. The number of phenolic OH excluding ortho intramolecular Hbond substituents is 1. The zero-order valence-corrected chi connectivity index (χ0v) is 13.2. The number of rotatable bonds is 3. The standard InChI is InChI=1S/C18H16N2O4/c1-22-10-6-7-11(15(8-10)23-2)16-12(9-19)18(20)24-14-5-3-4-13(21)17(14)16/h3-8,16,21H,20H2,1-2H3/t16-/m0/s1. The second-order valence-corrected chi connectivity index (χ2v) is 5.22. The van der Waals surface area contributed by atoms with Gasteiger partial charge in [-0.05, 0) is 18.2 Å². The summed E-state index contributed by atoms with van der Waals surface area (Å²) < 4.78 is 16.2. The molecule has 3 N–H and O–H groups in total. The first-order valence-electron chi connectivity index (χ1n) is 7.22. The monoisotopic (exact) mass is 324 g/mol. The number of hydrogen-bond donors (Lipinski definition) is 2. The predicted octanol–water partition coefficient (Wildman–Crippen LogP) is 2.63. The van der Waals surface area contributed by atoms with E-state index in [4.69, 9.17) is 19.9 Å². The van der Waals surface area contributed by atoms with E-state index in [0.717, 1.165) is 0 Å². The van der Waals surface area contributed by atoms with Crippen LogP contribution in [0.2, 0.25) is 0 Å². The SMILES string of the molecule is COc1ccc([C@H]2C(C#N)=C(N)Oc3cccc(O)c32)c(OC)c1. The Morgan fingerprint density at radius 3 is 2.67 bits per heavy atom. The van der Waals surface area contributed by atoms with Crippen LogP contribution in [-0.4, -0.2) is 19.3 Å². The van der Waals surface area contributed by atoms with Crippen molar-refractivity contribution in [2.24, 2.45) is 5.73 Å². The van der Waals surface area contributed by atoms with E-state index in [0.29, 0.717) is 28.4 Å². The minimum Gasteiger partial charge on any atom is -0.507 e. The molecule has 0 saturated carbocycles. The van der Waals surface area contributed by atoms with Crippen LogP contribution in [0.1, 0.15) is 17.0 Å². The summed E-state index contributed by atoms with van der Waals surface area (Å²) in [5.41, 5.74) is 7.30. The Hall–Kier alpha value is -3.33. The normalized spacial score (nSPS) is 16.0. The molecule has 122 valence electrons. The average molecular weight is 324 g/mol. The number of ether oxygens (including phenoxy) is 3. The molecule has 24 heavy (non-hydrogen) atoms. The van der Waals surface area contributed by atoms with Gasteiger partial charge in [-0.3, -0.25) is 0 Å². The molecule has 0 spiro atoms. The number of phenols is 1. The van der Waals surface area contributed by atoms with Crippen molar-refractivity contribution in [2.75, 3.05) is 14.2 Å². The molecule has 0 aliphatic carbocycles. The fraction of sp³-hybridized carbons (Fsp3) is 0.167. The predicted molar refractivity (Wildman–Crippen MR) is 87.0 cm³/mol. The van der Waals surface area contributed by atoms with Gasteiger partial charge in [0.05, 0.1) is 20.1 Å². The number of methoxy groups -OCH3 is 2. The molecule has 0 saturated heterocycles. The maximum absolute atomic E-state index is 10.3. The fourth-order valence-corrected chi connectivity index (χ4v) is 2.86. The van der Waals surface area contributed by atoms with Gasteiger partial charge in [0.2, 0.25) is 5.88 Å². The van der Waals surface area contributed by atoms with Crippen molar-refractivity contribution in [1.29, 1.82) is 5.26 Å². The highest BCUT2D eigenvalue weighted by atomic mass is 16.5. The Bertz CT molecular complexity index is 868. The topological polar surface area (TPSA) is 97.7 Å². The van der Waals surface area contributed by atoms with Gasteiger partial charge >= 0.3 is 0 Å². The smallest absolute Gasteiger partial charge is 0.205 e. The number of fused-ring (bicyclic) bond motifs is 1. The molecule has 1 aliphatic heterocycles. The highest BCUT2D eigenvalue weighted by Crippen LogP contribution is 2.48. The molecule has 2 aromatic rings. The number of hydrogen-bond acceptors (Lipinski definition) is 6. The molecule has 0 fully saturated rings. The van der Waals surface area contributed by atoms with Gasteiger partial charge in [0, 0.05) is 17.2 Å². The van der Waals surface area contributed by atoms with E-state index >= 15 is 0 Å². The molecule has 0 amide bonds. The number of allylic oxidation sites excluding steroid dienone is 1. The first-order valence-corrected chi connectivity index (χ1v) is 7.22. The summed E-state index contributed by atoms with van der Waals surface area (Å²) in [4.78, 5) is 0. The zero-order chi connectivity index (χ0) is 17.3. The van der Waals surface area contributed by atoms with E-state index in [9.17, 15) is 10.4 Å². The van der Waals surface area contributed by atoms with Crippen LogP contribution in [0.4, 0.5) is 0 Å². The molecule has 2 aromatic carbocycles. The van der Waals surface area contributed by atoms with Gasteiger partial charge in [-0.2, -0.15) is 5.26 Å². The van der Waals surface area contributed by atoms with Crippen molar-refractivity contribution in [1.82, 2.24) is 0 Å². The van der Waals surface area contributed by atoms with Gasteiger partial charge in [0.1, 0.15) is 34.6 Å². The van der Waals surface area contributed by atoms with Crippen LogP contribution in [0.25, 0.3) is 0 Å². The van der Waals surface area contributed by atoms with Crippen molar-refractivity contribution < 1.29 is 19.3 Å². The molecule has 1 heterocycles. The lowest BCUT2D eigenvalue weighted by Gasteiger charge is -2.28. The Morgan fingerprint density at radius 1 is 1.21 bits per heavy atom. The molecule has 1 aliphatic rings. The van der Waals surface area contributed by atoms with Gasteiger partial charge in [0.15, 0.2) is 0 Å².